The summed E-state index contributed by atoms with van der Waals surface area (Å²) >= 11 is 1.64. The highest BCUT2D eigenvalue weighted by Crippen LogP contribution is 2.12. The van der Waals surface area contributed by atoms with Crippen LogP contribution in [0.3, 0.4) is 0 Å². The van der Waals surface area contributed by atoms with Crippen molar-refractivity contribution in [2.24, 2.45) is 0 Å². The van der Waals surface area contributed by atoms with Crippen LogP contribution in [0.25, 0.3) is 0 Å². The maximum atomic E-state index is 11.5. The number of hydrogen-bond donors (Lipinski definition) is 2. The minimum absolute atomic E-state index is 0.145. The molecule has 1 atom stereocenters. The van der Waals surface area contributed by atoms with E-state index in [9.17, 15) is 4.79 Å². The quantitative estimate of drug-likeness (QED) is 0.852. The van der Waals surface area contributed by atoms with Crippen molar-refractivity contribution in [1.29, 1.82) is 0 Å². The number of carbonyl (C=O) groups excluding carboxylic acids is 1. The van der Waals surface area contributed by atoms with Crippen molar-refractivity contribution in [3.63, 3.8) is 0 Å². The Bertz CT molecular complexity index is 375. The summed E-state index contributed by atoms with van der Waals surface area (Å²) in [5.41, 5.74) is 0. The molecule has 0 bridgehead atoms. The van der Waals surface area contributed by atoms with Gasteiger partial charge in [-0.2, -0.15) is 0 Å². The zero-order chi connectivity index (χ0) is 12.1. The molecule has 1 fully saturated rings. The molecule has 5 nitrogen and oxygen atoms in total. The third kappa shape index (κ3) is 3.67. The van der Waals surface area contributed by atoms with Crippen molar-refractivity contribution in [2.45, 2.75) is 32.4 Å². The molecule has 2 amide bonds. The second-order valence-electron chi connectivity index (χ2n) is 3.96. The Kier molecular flexibility index (Phi) is 4.33. The maximum absolute atomic E-state index is 11.5. The van der Waals surface area contributed by atoms with Crippen LogP contribution < -0.4 is 10.6 Å². The van der Waals surface area contributed by atoms with Crippen LogP contribution in [0.1, 0.15) is 23.2 Å². The molecule has 1 saturated heterocycles. The standard InChI is InChI=1S/C11H17N3O2S/c1-2-9-5-12-10(17-9)6-13-11(15)14-8-3-4-16-7-8/h5,8H,2-4,6-7H2,1H3,(H2,13,14,15). The number of carbonyl (C=O) groups is 1. The van der Waals surface area contributed by atoms with Crippen molar-refractivity contribution in [1.82, 2.24) is 15.6 Å². The average molecular weight is 255 g/mol. The number of rotatable bonds is 4. The van der Waals surface area contributed by atoms with Gasteiger partial charge in [-0.3, -0.25) is 0 Å². The maximum Gasteiger partial charge on any atom is 0.315 e. The van der Waals surface area contributed by atoms with E-state index in [-0.39, 0.29) is 12.1 Å². The topological polar surface area (TPSA) is 63.2 Å². The fourth-order valence-electron chi connectivity index (χ4n) is 1.63. The van der Waals surface area contributed by atoms with E-state index in [1.807, 2.05) is 6.20 Å². The lowest BCUT2D eigenvalue weighted by Crippen LogP contribution is -2.42. The van der Waals surface area contributed by atoms with Gasteiger partial charge in [0.25, 0.3) is 0 Å². The number of ether oxygens (including phenoxy) is 1. The van der Waals surface area contributed by atoms with Gasteiger partial charge in [-0.05, 0) is 12.8 Å². The molecule has 0 spiro atoms. The monoisotopic (exact) mass is 255 g/mol. The van der Waals surface area contributed by atoms with Crippen LogP contribution in [0, 0.1) is 0 Å². The van der Waals surface area contributed by atoms with Gasteiger partial charge in [0.2, 0.25) is 0 Å². The highest BCUT2D eigenvalue weighted by Gasteiger charge is 2.17. The number of aryl methyl sites for hydroxylation is 1. The minimum Gasteiger partial charge on any atom is -0.379 e. The lowest BCUT2D eigenvalue weighted by atomic mass is 10.3. The summed E-state index contributed by atoms with van der Waals surface area (Å²) in [7, 11) is 0. The molecule has 0 saturated carbocycles. The van der Waals surface area contributed by atoms with E-state index in [2.05, 4.69) is 22.5 Å². The molecule has 1 aliphatic rings. The fraction of sp³-hybridized carbons (Fsp3) is 0.636. The average Bonchev–Trinajstić information content (AvgIpc) is 2.96. The smallest absolute Gasteiger partial charge is 0.315 e. The molecule has 0 aromatic carbocycles. The van der Waals surface area contributed by atoms with Gasteiger partial charge in [-0.1, -0.05) is 6.92 Å². The van der Waals surface area contributed by atoms with E-state index >= 15 is 0 Å². The highest BCUT2D eigenvalue weighted by molar-refractivity contribution is 7.11. The van der Waals surface area contributed by atoms with Crippen LogP contribution >= 0.6 is 11.3 Å². The molecule has 0 aliphatic carbocycles. The first-order chi connectivity index (χ1) is 8.28. The molecule has 2 N–H and O–H groups in total. The van der Waals surface area contributed by atoms with E-state index in [4.69, 9.17) is 4.74 Å². The number of urea groups is 1. The van der Waals surface area contributed by atoms with Crippen molar-refractivity contribution in [3.8, 4) is 0 Å². The summed E-state index contributed by atoms with van der Waals surface area (Å²) in [4.78, 5) is 17.0. The fourth-order valence-corrected chi connectivity index (χ4v) is 2.44. The van der Waals surface area contributed by atoms with Gasteiger partial charge in [0.05, 0.1) is 19.2 Å². The Morgan fingerprint density at radius 1 is 1.71 bits per heavy atom. The molecule has 0 radical (unpaired) electrons. The van der Waals surface area contributed by atoms with E-state index in [0.717, 1.165) is 24.5 Å². The zero-order valence-corrected chi connectivity index (χ0v) is 10.7. The lowest BCUT2D eigenvalue weighted by Gasteiger charge is -2.10. The first-order valence-electron chi connectivity index (χ1n) is 5.83. The summed E-state index contributed by atoms with van der Waals surface area (Å²) in [5, 5.41) is 6.62. The molecule has 1 unspecified atom stereocenters. The second kappa shape index (κ2) is 5.97. The molecule has 17 heavy (non-hydrogen) atoms. The van der Waals surface area contributed by atoms with Crippen molar-refractivity contribution >= 4 is 17.4 Å². The van der Waals surface area contributed by atoms with Crippen LogP contribution in [-0.4, -0.2) is 30.3 Å². The zero-order valence-electron chi connectivity index (χ0n) is 9.86. The number of amides is 2. The Labute approximate surface area is 105 Å². The van der Waals surface area contributed by atoms with E-state index < -0.39 is 0 Å². The molecule has 1 aromatic heterocycles. The van der Waals surface area contributed by atoms with Gasteiger partial charge in [-0.25, -0.2) is 9.78 Å². The van der Waals surface area contributed by atoms with Crippen LogP contribution in [0.5, 0.6) is 0 Å². The van der Waals surface area contributed by atoms with Gasteiger partial charge in [0, 0.05) is 17.7 Å². The summed E-state index contributed by atoms with van der Waals surface area (Å²) in [6, 6.07) is 0.00578. The summed E-state index contributed by atoms with van der Waals surface area (Å²) in [6.07, 6.45) is 3.75. The second-order valence-corrected chi connectivity index (χ2v) is 5.16. The van der Waals surface area contributed by atoms with Crippen molar-refractivity contribution < 1.29 is 9.53 Å². The van der Waals surface area contributed by atoms with Gasteiger partial charge >= 0.3 is 6.03 Å². The normalized spacial score (nSPS) is 19.2. The predicted octanol–water partition coefficient (Wildman–Crippen LogP) is 1.29. The van der Waals surface area contributed by atoms with Gasteiger partial charge in [0.1, 0.15) is 5.01 Å². The molecular formula is C11H17N3O2S. The molecule has 2 rings (SSSR count). The van der Waals surface area contributed by atoms with Crippen molar-refractivity contribution in [3.05, 3.63) is 16.1 Å². The largest absolute Gasteiger partial charge is 0.379 e. The predicted molar refractivity (Wildman–Crippen MR) is 66.1 cm³/mol. The number of thiazole rings is 1. The number of aromatic nitrogens is 1. The number of nitrogens with zero attached hydrogens (tertiary/aromatic N) is 1. The van der Waals surface area contributed by atoms with E-state index in [0.29, 0.717) is 13.2 Å². The highest BCUT2D eigenvalue weighted by atomic mass is 32.1. The third-order valence-corrected chi connectivity index (χ3v) is 3.76. The van der Waals surface area contributed by atoms with Gasteiger partial charge in [-0.15, -0.1) is 11.3 Å². The molecule has 6 heteroatoms. The summed E-state index contributed by atoms with van der Waals surface area (Å²) in [6.45, 7) is 3.93. The molecule has 1 aromatic rings. The van der Waals surface area contributed by atoms with E-state index in [1.54, 1.807) is 11.3 Å². The van der Waals surface area contributed by atoms with E-state index in [1.165, 1.54) is 4.88 Å². The Morgan fingerprint density at radius 3 is 3.24 bits per heavy atom. The summed E-state index contributed by atoms with van der Waals surface area (Å²) in [5.74, 6) is 0. The third-order valence-electron chi connectivity index (χ3n) is 2.61. The van der Waals surface area contributed by atoms with Crippen molar-refractivity contribution in [2.75, 3.05) is 13.2 Å². The number of hydrogen-bond acceptors (Lipinski definition) is 4. The number of nitrogens with one attached hydrogen (secondary N) is 2. The van der Waals surface area contributed by atoms with Crippen LogP contribution in [0.2, 0.25) is 0 Å². The lowest BCUT2D eigenvalue weighted by molar-refractivity contribution is 0.188. The van der Waals surface area contributed by atoms with Gasteiger partial charge in [0.15, 0.2) is 0 Å². The minimum atomic E-state index is -0.145. The Hall–Kier alpha value is -1.14. The van der Waals surface area contributed by atoms with Crippen LogP contribution in [0.4, 0.5) is 4.79 Å². The van der Waals surface area contributed by atoms with Gasteiger partial charge < -0.3 is 15.4 Å². The molecule has 1 aliphatic heterocycles. The first-order valence-corrected chi connectivity index (χ1v) is 6.65. The Morgan fingerprint density at radius 2 is 2.59 bits per heavy atom. The molecular weight excluding hydrogens is 238 g/mol. The molecule has 94 valence electrons. The molecule has 2 heterocycles. The Balaban J connectivity index is 1.71. The van der Waals surface area contributed by atoms with Crippen LogP contribution in [-0.2, 0) is 17.7 Å². The first kappa shape index (κ1) is 12.3. The SMILES string of the molecule is CCc1cnc(CNC(=O)NC2CCOC2)s1. The van der Waals surface area contributed by atoms with Crippen LogP contribution in [0.15, 0.2) is 6.20 Å². The summed E-state index contributed by atoms with van der Waals surface area (Å²) < 4.78 is 5.19.